The van der Waals surface area contributed by atoms with Crippen molar-refractivity contribution < 1.29 is 14.1 Å². The molecule has 6 nitrogen and oxygen atoms in total. The van der Waals surface area contributed by atoms with Gasteiger partial charge in [-0.1, -0.05) is 54.8 Å². The van der Waals surface area contributed by atoms with Crippen LogP contribution in [-0.4, -0.2) is 34.0 Å². The quantitative estimate of drug-likeness (QED) is 0.860. The fourth-order valence-electron chi connectivity index (χ4n) is 4.73. The van der Waals surface area contributed by atoms with Gasteiger partial charge in [0.15, 0.2) is 0 Å². The van der Waals surface area contributed by atoms with Gasteiger partial charge < -0.3 is 15.2 Å². The molecule has 1 atom stereocenters. The van der Waals surface area contributed by atoms with Crippen LogP contribution in [-0.2, 0) is 16.0 Å². The number of hydrogen-bond donors (Lipinski definition) is 1. The second-order valence-electron chi connectivity index (χ2n) is 8.05. The van der Waals surface area contributed by atoms with Gasteiger partial charge in [-0.2, -0.15) is 0 Å². The molecule has 1 unspecified atom stereocenters. The summed E-state index contributed by atoms with van der Waals surface area (Å²) in [6, 6.07) is 11.6. The molecule has 6 heteroatoms. The molecule has 1 saturated heterocycles. The van der Waals surface area contributed by atoms with Crippen LogP contribution in [0.3, 0.4) is 0 Å². The number of hydrogen-bond acceptors (Lipinski definition) is 4. The lowest BCUT2D eigenvalue weighted by Gasteiger charge is -2.38. The van der Waals surface area contributed by atoms with E-state index in [4.69, 9.17) is 10.3 Å². The van der Waals surface area contributed by atoms with Crippen LogP contribution in [0.4, 0.5) is 0 Å². The lowest BCUT2D eigenvalue weighted by molar-refractivity contribution is -0.147. The van der Waals surface area contributed by atoms with E-state index < -0.39 is 11.4 Å². The van der Waals surface area contributed by atoms with Crippen molar-refractivity contribution in [3.8, 4) is 11.3 Å². The molecule has 0 radical (unpaired) electrons. The molecule has 0 bridgehead atoms. The van der Waals surface area contributed by atoms with Gasteiger partial charge in [0.1, 0.15) is 17.0 Å². The van der Waals surface area contributed by atoms with Crippen LogP contribution in [0.1, 0.15) is 50.7 Å². The van der Waals surface area contributed by atoms with Crippen molar-refractivity contribution in [2.75, 3.05) is 6.54 Å². The van der Waals surface area contributed by atoms with Crippen molar-refractivity contribution in [3.63, 3.8) is 0 Å². The molecule has 2 aliphatic rings. The number of likely N-dealkylation sites (tertiary alicyclic amines) is 1. The molecular formula is C22H27N3O3. The topological polar surface area (TPSA) is 89.4 Å². The molecule has 2 heterocycles. The Morgan fingerprint density at radius 3 is 2.61 bits per heavy atom. The third-order valence-corrected chi connectivity index (χ3v) is 6.26. The van der Waals surface area contributed by atoms with Crippen molar-refractivity contribution in [1.29, 1.82) is 0 Å². The van der Waals surface area contributed by atoms with Crippen LogP contribution in [0.5, 0.6) is 0 Å². The molecular weight excluding hydrogens is 354 g/mol. The molecule has 1 saturated carbocycles. The van der Waals surface area contributed by atoms with Gasteiger partial charge in [-0.25, -0.2) is 0 Å². The van der Waals surface area contributed by atoms with E-state index in [-0.39, 0.29) is 18.2 Å². The van der Waals surface area contributed by atoms with Crippen LogP contribution >= 0.6 is 0 Å². The standard InChI is InChI=1S/C22H27N3O3/c23-21(27)22(12-7-13-25(22)20(26)17-10-5-2-6-11-17)15-18-14-19(24-28-18)16-8-3-1-4-9-16/h1,3-4,8-9,14,17H,2,5-7,10-13,15H2,(H2,23,27). The summed E-state index contributed by atoms with van der Waals surface area (Å²) < 4.78 is 5.53. The Hall–Kier alpha value is -2.63. The van der Waals surface area contributed by atoms with E-state index in [1.54, 1.807) is 4.90 Å². The van der Waals surface area contributed by atoms with E-state index in [1.807, 2.05) is 36.4 Å². The van der Waals surface area contributed by atoms with Crippen molar-refractivity contribution in [2.45, 2.75) is 56.9 Å². The van der Waals surface area contributed by atoms with E-state index in [2.05, 4.69) is 5.16 Å². The maximum absolute atomic E-state index is 13.2. The minimum atomic E-state index is -1.01. The van der Waals surface area contributed by atoms with Crippen LogP contribution < -0.4 is 5.73 Å². The number of primary amides is 1. The zero-order chi connectivity index (χ0) is 19.6. The summed E-state index contributed by atoms with van der Waals surface area (Å²) in [4.78, 5) is 27.5. The molecule has 4 rings (SSSR count). The first-order valence-corrected chi connectivity index (χ1v) is 10.2. The van der Waals surface area contributed by atoms with Gasteiger partial charge in [-0.15, -0.1) is 0 Å². The minimum absolute atomic E-state index is 0.0141. The number of nitrogens with two attached hydrogens (primary N) is 1. The Morgan fingerprint density at radius 2 is 1.89 bits per heavy atom. The molecule has 1 aromatic carbocycles. The number of rotatable bonds is 5. The Balaban J connectivity index is 1.58. The number of aromatic nitrogens is 1. The molecule has 1 aliphatic carbocycles. The Morgan fingerprint density at radius 1 is 1.14 bits per heavy atom. The SMILES string of the molecule is NC(=O)C1(Cc2cc(-c3ccccc3)no2)CCCN1C(=O)C1CCCCC1. The summed E-state index contributed by atoms with van der Waals surface area (Å²) >= 11 is 0. The second kappa shape index (κ2) is 7.78. The van der Waals surface area contributed by atoms with E-state index in [9.17, 15) is 9.59 Å². The van der Waals surface area contributed by atoms with Gasteiger partial charge in [0.05, 0.1) is 0 Å². The summed E-state index contributed by atoms with van der Waals surface area (Å²) in [5.74, 6) is 0.229. The molecule has 148 valence electrons. The Labute approximate surface area is 165 Å². The van der Waals surface area contributed by atoms with Gasteiger partial charge >= 0.3 is 0 Å². The molecule has 1 aromatic heterocycles. The second-order valence-corrected chi connectivity index (χ2v) is 8.05. The molecule has 1 aliphatic heterocycles. The van der Waals surface area contributed by atoms with E-state index in [1.165, 1.54) is 6.42 Å². The van der Waals surface area contributed by atoms with Crippen molar-refractivity contribution >= 4 is 11.8 Å². The van der Waals surface area contributed by atoms with Gasteiger partial charge in [0.2, 0.25) is 11.8 Å². The maximum Gasteiger partial charge on any atom is 0.243 e. The Kier molecular flexibility index (Phi) is 5.20. The zero-order valence-electron chi connectivity index (χ0n) is 16.1. The lowest BCUT2D eigenvalue weighted by Crippen LogP contribution is -2.58. The smallest absolute Gasteiger partial charge is 0.243 e. The van der Waals surface area contributed by atoms with Crippen LogP contribution in [0, 0.1) is 5.92 Å². The number of carbonyl (C=O) groups is 2. The molecule has 0 spiro atoms. The third-order valence-electron chi connectivity index (χ3n) is 6.26. The fraction of sp³-hybridized carbons (Fsp3) is 0.500. The first-order valence-electron chi connectivity index (χ1n) is 10.2. The van der Waals surface area contributed by atoms with Crippen molar-refractivity contribution in [1.82, 2.24) is 10.1 Å². The van der Waals surface area contributed by atoms with Gasteiger partial charge in [0, 0.05) is 30.5 Å². The van der Waals surface area contributed by atoms with Crippen LogP contribution in [0.15, 0.2) is 40.9 Å². The molecule has 2 aromatic rings. The number of benzene rings is 1. The number of amides is 2. The Bertz CT molecular complexity index is 842. The summed E-state index contributed by atoms with van der Waals surface area (Å²) in [6.45, 7) is 0.581. The third kappa shape index (κ3) is 3.43. The highest BCUT2D eigenvalue weighted by atomic mass is 16.5. The highest BCUT2D eigenvalue weighted by molar-refractivity contribution is 5.92. The fourth-order valence-corrected chi connectivity index (χ4v) is 4.73. The normalized spacial score (nSPS) is 23.1. The van der Waals surface area contributed by atoms with E-state index in [0.717, 1.165) is 43.4 Å². The predicted octanol–water partition coefficient (Wildman–Crippen LogP) is 3.31. The molecule has 2 amide bonds. The van der Waals surface area contributed by atoms with Crippen LogP contribution in [0.25, 0.3) is 11.3 Å². The average Bonchev–Trinajstić information content (AvgIpc) is 3.37. The summed E-state index contributed by atoms with van der Waals surface area (Å²) in [6.07, 6.45) is 6.79. The maximum atomic E-state index is 13.2. The van der Waals surface area contributed by atoms with E-state index in [0.29, 0.717) is 18.7 Å². The van der Waals surface area contributed by atoms with Crippen LogP contribution in [0.2, 0.25) is 0 Å². The zero-order valence-corrected chi connectivity index (χ0v) is 16.1. The highest BCUT2D eigenvalue weighted by Crippen LogP contribution is 2.37. The van der Waals surface area contributed by atoms with Gasteiger partial charge in [-0.3, -0.25) is 9.59 Å². The summed E-state index contributed by atoms with van der Waals surface area (Å²) in [7, 11) is 0. The minimum Gasteiger partial charge on any atom is -0.368 e. The molecule has 28 heavy (non-hydrogen) atoms. The predicted molar refractivity (Wildman–Crippen MR) is 105 cm³/mol. The largest absolute Gasteiger partial charge is 0.368 e. The van der Waals surface area contributed by atoms with E-state index >= 15 is 0 Å². The van der Waals surface area contributed by atoms with Gasteiger partial charge in [-0.05, 0) is 25.7 Å². The molecule has 2 fully saturated rings. The molecule has 2 N–H and O–H groups in total. The van der Waals surface area contributed by atoms with Crippen molar-refractivity contribution in [3.05, 3.63) is 42.2 Å². The average molecular weight is 381 g/mol. The summed E-state index contributed by atoms with van der Waals surface area (Å²) in [5, 5.41) is 4.15. The first kappa shape index (κ1) is 18.7. The highest BCUT2D eigenvalue weighted by Gasteiger charge is 2.50. The lowest BCUT2D eigenvalue weighted by atomic mass is 9.85. The number of carbonyl (C=O) groups excluding carboxylic acids is 2. The van der Waals surface area contributed by atoms with Crippen molar-refractivity contribution in [2.24, 2.45) is 11.7 Å². The summed E-state index contributed by atoms with van der Waals surface area (Å²) in [5.41, 5.74) is 6.52. The van der Waals surface area contributed by atoms with Gasteiger partial charge in [0.25, 0.3) is 0 Å². The first-order chi connectivity index (χ1) is 13.6. The monoisotopic (exact) mass is 381 g/mol. The number of nitrogens with zero attached hydrogens (tertiary/aromatic N) is 2.